The van der Waals surface area contributed by atoms with Crippen LogP contribution in [0.25, 0.3) is 16.9 Å². The zero-order chi connectivity index (χ0) is 17.8. The molecule has 0 fully saturated rings. The molecular weight excluding hydrogens is 310 g/mol. The van der Waals surface area contributed by atoms with Gasteiger partial charge in [-0.25, -0.2) is 4.79 Å². The normalized spacial score (nSPS) is 10.9. The van der Waals surface area contributed by atoms with Crippen LogP contribution < -0.4 is 0 Å². The Morgan fingerprint density at radius 1 is 1.00 bits per heavy atom. The molecule has 1 heterocycles. The van der Waals surface area contributed by atoms with E-state index in [0.29, 0.717) is 18.1 Å². The number of ether oxygens (including phenoxy) is 1. The Hall–Kier alpha value is -2.81. The van der Waals surface area contributed by atoms with Crippen LogP contribution in [0.1, 0.15) is 29.9 Å². The number of para-hydroxylation sites is 1. The fraction of sp³-hybridized carbons (Fsp3) is 0.227. The molecule has 1 aromatic heterocycles. The molecule has 0 saturated heterocycles. The van der Waals surface area contributed by atoms with Gasteiger partial charge in [0.05, 0.1) is 17.9 Å². The molecule has 0 bridgehead atoms. The number of nitrogens with zero attached hydrogens (tertiary/aromatic N) is 1. The summed E-state index contributed by atoms with van der Waals surface area (Å²) >= 11 is 0. The summed E-state index contributed by atoms with van der Waals surface area (Å²) in [6.45, 7) is 6.45. The zero-order valence-electron chi connectivity index (χ0n) is 14.9. The third kappa shape index (κ3) is 3.66. The maximum atomic E-state index is 12.6. The Kier molecular flexibility index (Phi) is 5.03. The molecule has 3 aromatic rings. The lowest BCUT2D eigenvalue weighted by Gasteiger charge is -2.12. The molecule has 0 radical (unpaired) electrons. The number of rotatable bonds is 5. The van der Waals surface area contributed by atoms with Crippen LogP contribution in [0, 0.1) is 12.8 Å². The Bertz CT molecular complexity index is 848. The van der Waals surface area contributed by atoms with E-state index >= 15 is 0 Å². The Balaban J connectivity index is 2.11. The molecule has 0 aliphatic heterocycles. The molecule has 3 heteroatoms. The lowest BCUT2D eigenvalue weighted by molar-refractivity contribution is 0.0458. The molecule has 0 spiro atoms. The fourth-order valence-corrected chi connectivity index (χ4v) is 2.86. The van der Waals surface area contributed by atoms with Crippen LogP contribution >= 0.6 is 0 Å². The minimum Gasteiger partial charge on any atom is -0.462 e. The molecule has 128 valence electrons. The molecule has 0 unspecified atom stereocenters. The second kappa shape index (κ2) is 7.39. The van der Waals surface area contributed by atoms with Gasteiger partial charge in [0, 0.05) is 11.4 Å². The Morgan fingerprint density at radius 3 is 2.20 bits per heavy atom. The van der Waals surface area contributed by atoms with Gasteiger partial charge < -0.3 is 9.30 Å². The molecule has 25 heavy (non-hydrogen) atoms. The summed E-state index contributed by atoms with van der Waals surface area (Å²) in [5, 5.41) is 0. The third-order valence-electron chi connectivity index (χ3n) is 4.10. The van der Waals surface area contributed by atoms with E-state index in [2.05, 4.69) is 16.7 Å². The number of carbonyl (C=O) groups is 1. The predicted molar refractivity (Wildman–Crippen MR) is 101 cm³/mol. The molecule has 0 aliphatic carbocycles. The maximum absolute atomic E-state index is 12.6. The summed E-state index contributed by atoms with van der Waals surface area (Å²) in [5.41, 5.74) is 4.59. The summed E-state index contributed by atoms with van der Waals surface area (Å²) < 4.78 is 7.57. The van der Waals surface area contributed by atoms with Crippen molar-refractivity contribution in [2.45, 2.75) is 20.8 Å². The molecule has 0 aliphatic rings. The summed E-state index contributed by atoms with van der Waals surface area (Å²) in [6, 6.07) is 22.1. The van der Waals surface area contributed by atoms with Gasteiger partial charge in [0.2, 0.25) is 0 Å². The molecule has 0 atom stereocenters. The van der Waals surface area contributed by atoms with Crippen molar-refractivity contribution in [2.24, 2.45) is 5.92 Å². The number of carbonyl (C=O) groups excluding carboxylic acids is 1. The van der Waals surface area contributed by atoms with Crippen LogP contribution in [0.3, 0.4) is 0 Å². The molecule has 0 saturated carbocycles. The SMILES string of the molecule is Cc1c(C(=O)OCC(C)C)cc(-c2ccccc2)n1-c1ccccc1. The van der Waals surface area contributed by atoms with Gasteiger partial charge in [-0.3, -0.25) is 0 Å². The van der Waals surface area contributed by atoms with Gasteiger partial charge in [0.25, 0.3) is 0 Å². The number of esters is 1. The van der Waals surface area contributed by atoms with Crippen molar-refractivity contribution in [1.82, 2.24) is 4.57 Å². The summed E-state index contributed by atoms with van der Waals surface area (Å²) in [7, 11) is 0. The predicted octanol–water partition coefficient (Wildman–Crippen LogP) is 5.27. The van der Waals surface area contributed by atoms with E-state index in [1.807, 2.05) is 75.4 Å². The second-order valence-corrected chi connectivity index (χ2v) is 6.56. The summed E-state index contributed by atoms with van der Waals surface area (Å²) in [5.74, 6) is 0.0483. The standard InChI is InChI=1S/C22H23NO2/c1-16(2)15-25-22(24)20-14-21(18-10-6-4-7-11-18)23(17(20)3)19-12-8-5-9-13-19/h4-14,16H,15H2,1-3H3. The second-order valence-electron chi connectivity index (χ2n) is 6.56. The third-order valence-corrected chi connectivity index (χ3v) is 4.10. The highest BCUT2D eigenvalue weighted by atomic mass is 16.5. The first kappa shape index (κ1) is 17.0. The minimum absolute atomic E-state index is 0.266. The molecule has 3 nitrogen and oxygen atoms in total. The van der Waals surface area contributed by atoms with Crippen molar-refractivity contribution >= 4 is 5.97 Å². The van der Waals surface area contributed by atoms with E-state index in [-0.39, 0.29) is 5.97 Å². The molecule has 0 N–H and O–H groups in total. The lowest BCUT2D eigenvalue weighted by Crippen LogP contribution is -2.11. The monoisotopic (exact) mass is 333 g/mol. The van der Waals surface area contributed by atoms with E-state index in [1.54, 1.807) is 0 Å². The van der Waals surface area contributed by atoms with Gasteiger partial charge in [0.1, 0.15) is 0 Å². The largest absolute Gasteiger partial charge is 0.462 e. The minimum atomic E-state index is -0.266. The van der Waals surface area contributed by atoms with E-state index in [4.69, 9.17) is 4.74 Å². The van der Waals surface area contributed by atoms with Crippen LogP contribution in [0.2, 0.25) is 0 Å². The summed E-state index contributed by atoms with van der Waals surface area (Å²) in [4.78, 5) is 12.6. The first-order valence-electron chi connectivity index (χ1n) is 8.58. The van der Waals surface area contributed by atoms with Crippen LogP contribution in [-0.4, -0.2) is 17.1 Å². The average molecular weight is 333 g/mol. The van der Waals surface area contributed by atoms with Gasteiger partial charge in [-0.05, 0) is 36.6 Å². The van der Waals surface area contributed by atoms with Crippen molar-refractivity contribution < 1.29 is 9.53 Å². The van der Waals surface area contributed by atoms with Crippen molar-refractivity contribution in [3.63, 3.8) is 0 Å². The highest BCUT2D eigenvalue weighted by Gasteiger charge is 2.20. The van der Waals surface area contributed by atoms with Crippen LogP contribution in [0.4, 0.5) is 0 Å². The number of hydrogen-bond acceptors (Lipinski definition) is 2. The zero-order valence-corrected chi connectivity index (χ0v) is 14.9. The Labute approximate surface area is 148 Å². The van der Waals surface area contributed by atoms with Crippen molar-refractivity contribution in [3.8, 4) is 16.9 Å². The smallest absolute Gasteiger partial charge is 0.340 e. The number of aromatic nitrogens is 1. The maximum Gasteiger partial charge on any atom is 0.340 e. The first-order valence-corrected chi connectivity index (χ1v) is 8.58. The average Bonchev–Trinajstić information content (AvgIpc) is 2.98. The van der Waals surface area contributed by atoms with Gasteiger partial charge >= 0.3 is 5.97 Å². The number of benzene rings is 2. The van der Waals surface area contributed by atoms with Crippen molar-refractivity contribution in [1.29, 1.82) is 0 Å². The first-order chi connectivity index (χ1) is 12.1. The summed E-state index contributed by atoms with van der Waals surface area (Å²) in [6.07, 6.45) is 0. The van der Waals surface area contributed by atoms with E-state index in [0.717, 1.165) is 22.6 Å². The molecule has 3 rings (SSSR count). The quantitative estimate of drug-likeness (QED) is 0.596. The topological polar surface area (TPSA) is 31.2 Å². The van der Waals surface area contributed by atoms with Gasteiger partial charge in [-0.15, -0.1) is 0 Å². The van der Waals surface area contributed by atoms with Gasteiger partial charge in [-0.1, -0.05) is 62.4 Å². The van der Waals surface area contributed by atoms with Gasteiger partial charge in [-0.2, -0.15) is 0 Å². The van der Waals surface area contributed by atoms with Crippen molar-refractivity contribution in [3.05, 3.63) is 78.0 Å². The van der Waals surface area contributed by atoms with Crippen molar-refractivity contribution in [2.75, 3.05) is 6.61 Å². The highest BCUT2D eigenvalue weighted by molar-refractivity contribution is 5.93. The molecular formula is C22H23NO2. The Morgan fingerprint density at radius 2 is 1.60 bits per heavy atom. The molecule has 0 amide bonds. The highest BCUT2D eigenvalue weighted by Crippen LogP contribution is 2.29. The fourth-order valence-electron chi connectivity index (χ4n) is 2.86. The number of hydrogen-bond donors (Lipinski definition) is 0. The van der Waals surface area contributed by atoms with Crippen LogP contribution in [0.5, 0.6) is 0 Å². The van der Waals surface area contributed by atoms with Gasteiger partial charge in [0.15, 0.2) is 0 Å². The van der Waals surface area contributed by atoms with E-state index in [1.165, 1.54) is 0 Å². The van der Waals surface area contributed by atoms with E-state index < -0.39 is 0 Å². The lowest BCUT2D eigenvalue weighted by atomic mass is 10.1. The van der Waals surface area contributed by atoms with E-state index in [9.17, 15) is 4.79 Å². The molecule has 2 aromatic carbocycles. The van der Waals surface area contributed by atoms with Crippen LogP contribution in [0.15, 0.2) is 66.7 Å². The van der Waals surface area contributed by atoms with Crippen LogP contribution in [-0.2, 0) is 4.74 Å².